The van der Waals surface area contributed by atoms with Gasteiger partial charge >= 0.3 is 0 Å². The van der Waals surface area contributed by atoms with Crippen molar-refractivity contribution in [3.05, 3.63) is 188 Å². The second-order valence-electron chi connectivity index (χ2n) is 12.1. The Hall–Kier alpha value is -5.96. The number of benzene rings is 8. The first-order valence-electron chi connectivity index (χ1n) is 16.4. The van der Waals surface area contributed by atoms with Gasteiger partial charge in [0.1, 0.15) is 0 Å². The predicted molar refractivity (Wildman–Crippen MR) is 208 cm³/mol. The topological polar surface area (TPSA) is 3.24 Å². The van der Waals surface area contributed by atoms with Gasteiger partial charge in [-0.05, 0) is 81.1 Å². The second-order valence-corrected chi connectivity index (χ2v) is 13.2. The maximum atomic E-state index is 2.44. The van der Waals surface area contributed by atoms with E-state index in [0.717, 1.165) is 11.4 Å². The molecule has 2 heteroatoms. The molecule has 0 aliphatic carbocycles. The fourth-order valence-corrected chi connectivity index (χ4v) is 8.15. The number of rotatable bonds is 6. The fraction of sp³-hybridized carbons (Fsp3) is 0. The van der Waals surface area contributed by atoms with Crippen molar-refractivity contribution in [2.45, 2.75) is 0 Å². The van der Waals surface area contributed by atoms with Gasteiger partial charge in [-0.1, -0.05) is 146 Å². The summed E-state index contributed by atoms with van der Waals surface area (Å²) < 4.78 is 2.59. The fourth-order valence-electron chi connectivity index (χ4n) is 7.03. The summed E-state index contributed by atoms with van der Waals surface area (Å²) >= 11 is 1.86. The molecule has 0 spiro atoms. The van der Waals surface area contributed by atoms with Gasteiger partial charge in [0.2, 0.25) is 0 Å². The molecule has 9 aromatic rings. The molecule has 9 rings (SSSR count). The highest BCUT2D eigenvalue weighted by Gasteiger charge is 2.21. The molecule has 1 aromatic heterocycles. The Balaban J connectivity index is 1.20. The van der Waals surface area contributed by atoms with Gasteiger partial charge in [0.25, 0.3) is 0 Å². The minimum Gasteiger partial charge on any atom is -0.309 e. The Labute approximate surface area is 284 Å². The van der Waals surface area contributed by atoms with Crippen molar-refractivity contribution < 1.29 is 0 Å². The number of anilines is 3. The highest BCUT2D eigenvalue weighted by atomic mass is 32.1. The van der Waals surface area contributed by atoms with Crippen LogP contribution < -0.4 is 4.90 Å². The number of thiophene rings is 1. The van der Waals surface area contributed by atoms with Crippen molar-refractivity contribution >= 4 is 59.3 Å². The first-order valence-corrected chi connectivity index (χ1v) is 17.2. The van der Waals surface area contributed by atoms with E-state index in [2.05, 4.69) is 193 Å². The van der Waals surface area contributed by atoms with Crippen LogP contribution in [0.5, 0.6) is 0 Å². The summed E-state index contributed by atoms with van der Waals surface area (Å²) in [4.78, 5) is 2.44. The molecule has 8 aromatic carbocycles. The van der Waals surface area contributed by atoms with Gasteiger partial charge in [-0.3, -0.25) is 0 Å². The summed E-state index contributed by atoms with van der Waals surface area (Å²) in [5, 5.41) is 5.11. The van der Waals surface area contributed by atoms with E-state index in [1.165, 1.54) is 70.0 Å². The third kappa shape index (κ3) is 4.95. The standard InChI is InChI=1S/C46H31NS/c1-2-13-34(14-3-1)40-20-6-8-23-42(40)47(43-24-12-26-45-46(43)41-21-7-9-25-44(41)48-45)37-29-27-32(28-30-37)35-17-10-18-36(31-35)39-22-11-16-33-15-4-5-19-38(33)39/h1-31H. The van der Waals surface area contributed by atoms with Gasteiger partial charge < -0.3 is 4.90 Å². The molecule has 0 bridgehead atoms. The summed E-state index contributed by atoms with van der Waals surface area (Å²) in [5.41, 5.74) is 10.7. The van der Waals surface area contributed by atoms with E-state index in [1.807, 2.05) is 11.3 Å². The molecule has 0 saturated carbocycles. The van der Waals surface area contributed by atoms with Crippen LogP contribution in [-0.2, 0) is 0 Å². The summed E-state index contributed by atoms with van der Waals surface area (Å²) in [6.45, 7) is 0. The largest absolute Gasteiger partial charge is 0.309 e. The number of nitrogens with zero attached hydrogens (tertiary/aromatic N) is 1. The normalized spacial score (nSPS) is 11.3. The predicted octanol–water partition coefficient (Wildman–Crippen LogP) is 13.7. The summed E-state index contributed by atoms with van der Waals surface area (Å²) in [7, 11) is 0. The van der Waals surface area contributed by atoms with E-state index in [4.69, 9.17) is 0 Å². The molecule has 226 valence electrons. The molecule has 1 nitrogen and oxygen atoms in total. The van der Waals surface area contributed by atoms with Crippen molar-refractivity contribution in [3.63, 3.8) is 0 Å². The average Bonchev–Trinajstić information content (AvgIpc) is 3.55. The first kappa shape index (κ1) is 28.3. The van der Waals surface area contributed by atoms with Crippen LogP contribution in [0.2, 0.25) is 0 Å². The lowest BCUT2D eigenvalue weighted by molar-refractivity contribution is 1.30. The molecule has 0 N–H and O–H groups in total. The third-order valence-corrected chi connectivity index (χ3v) is 10.4. The van der Waals surface area contributed by atoms with Crippen molar-refractivity contribution in [1.82, 2.24) is 0 Å². The van der Waals surface area contributed by atoms with Crippen LogP contribution in [0.3, 0.4) is 0 Å². The van der Waals surface area contributed by atoms with Crippen LogP contribution in [0.4, 0.5) is 17.1 Å². The van der Waals surface area contributed by atoms with E-state index in [9.17, 15) is 0 Å². The highest BCUT2D eigenvalue weighted by Crippen LogP contribution is 2.47. The molecule has 0 aliphatic rings. The average molecular weight is 630 g/mol. The van der Waals surface area contributed by atoms with Gasteiger partial charge in [-0.25, -0.2) is 0 Å². The van der Waals surface area contributed by atoms with Gasteiger partial charge in [0.05, 0.1) is 11.4 Å². The smallest absolute Gasteiger partial charge is 0.0555 e. The van der Waals surface area contributed by atoms with E-state index in [0.29, 0.717) is 0 Å². The second kappa shape index (κ2) is 12.0. The lowest BCUT2D eigenvalue weighted by Crippen LogP contribution is -2.11. The van der Waals surface area contributed by atoms with Crippen LogP contribution in [0.1, 0.15) is 0 Å². The summed E-state index contributed by atoms with van der Waals surface area (Å²) in [6.07, 6.45) is 0. The number of para-hydroxylation sites is 1. The summed E-state index contributed by atoms with van der Waals surface area (Å²) in [5.74, 6) is 0. The molecule has 1 heterocycles. The van der Waals surface area contributed by atoms with Crippen molar-refractivity contribution in [2.75, 3.05) is 4.90 Å². The zero-order chi connectivity index (χ0) is 31.9. The summed E-state index contributed by atoms with van der Waals surface area (Å²) in [6, 6.07) is 68.1. The Morgan fingerprint density at radius 1 is 0.354 bits per heavy atom. The number of fused-ring (bicyclic) bond motifs is 4. The van der Waals surface area contributed by atoms with Crippen molar-refractivity contribution in [3.8, 4) is 33.4 Å². The first-order chi connectivity index (χ1) is 23.8. The quantitative estimate of drug-likeness (QED) is 0.177. The maximum absolute atomic E-state index is 2.44. The van der Waals surface area contributed by atoms with Gasteiger partial charge in [-0.2, -0.15) is 0 Å². The van der Waals surface area contributed by atoms with E-state index < -0.39 is 0 Å². The van der Waals surface area contributed by atoms with Crippen molar-refractivity contribution in [1.29, 1.82) is 0 Å². The van der Waals surface area contributed by atoms with Crippen LogP contribution in [0.15, 0.2) is 188 Å². The minimum atomic E-state index is 1.12. The Bertz CT molecular complexity index is 2560. The molecule has 0 amide bonds. The van der Waals surface area contributed by atoms with Gasteiger partial charge in [0, 0.05) is 31.4 Å². The van der Waals surface area contributed by atoms with Crippen LogP contribution in [0, 0.1) is 0 Å². The Morgan fingerprint density at radius 3 is 1.85 bits per heavy atom. The van der Waals surface area contributed by atoms with E-state index in [-0.39, 0.29) is 0 Å². The number of hydrogen-bond donors (Lipinski definition) is 0. The molecular weight excluding hydrogens is 599 g/mol. The SMILES string of the molecule is c1ccc(-c2ccccc2N(c2ccc(-c3cccc(-c4cccc5ccccc45)c3)cc2)c2cccc3sc4ccccc4c23)cc1. The van der Waals surface area contributed by atoms with E-state index in [1.54, 1.807) is 0 Å². The van der Waals surface area contributed by atoms with Gasteiger partial charge in [0.15, 0.2) is 0 Å². The molecular formula is C46H31NS. The maximum Gasteiger partial charge on any atom is 0.0555 e. The molecule has 0 radical (unpaired) electrons. The van der Waals surface area contributed by atoms with Crippen LogP contribution in [0.25, 0.3) is 64.3 Å². The van der Waals surface area contributed by atoms with Crippen molar-refractivity contribution in [2.24, 2.45) is 0 Å². The third-order valence-electron chi connectivity index (χ3n) is 9.27. The molecule has 0 aliphatic heterocycles. The molecule has 0 fully saturated rings. The molecule has 0 atom stereocenters. The zero-order valence-corrected chi connectivity index (χ0v) is 27.1. The molecule has 48 heavy (non-hydrogen) atoms. The van der Waals surface area contributed by atoms with Crippen LogP contribution in [-0.4, -0.2) is 0 Å². The van der Waals surface area contributed by atoms with E-state index >= 15 is 0 Å². The molecule has 0 unspecified atom stereocenters. The zero-order valence-electron chi connectivity index (χ0n) is 26.3. The Kier molecular flexibility index (Phi) is 7.07. The lowest BCUT2D eigenvalue weighted by atomic mass is 9.95. The minimum absolute atomic E-state index is 1.12. The lowest BCUT2D eigenvalue weighted by Gasteiger charge is -2.29. The van der Waals surface area contributed by atoms with Crippen LogP contribution >= 0.6 is 11.3 Å². The number of hydrogen-bond acceptors (Lipinski definition) is 2. The highest BCUT2D eigenvalue weighted by molar-refractivity contribution is 7.26. The molecule has 0 saturated heterocycles. The monoisotopic (exact) mass is 629 g/mol. The Morgan fingerprint density at radius 2 is 0.958 bits per heavy atom. The van der Waals surface area contributed by atoms with Gasteiger partial charge in [-0.15, -0.1) is 11.3 Å².